The number of aryl methyl sites for hydroxylation is 2. The SMILES string of the molecule is C=CCN(C(=O)C1N([C@@H](CO)CC(C)C)C(=O)[C@@H]2[C@@H](C(=O)OCC)[C@H]3CC(C)C12S3)c1cc(C)ccc1C. The van der Waals surface area contributed by atoms with Gasteiger partial charge in [-0.05, 0) is 62.6 Å². The predicted molar refractivity (Wildman–Crippen MR) is 151 cm³/mol. The highest BCUT2D eigenvalue weighted by atomic mass is 32.2. The molecule has 2 bridgehead atoms. The Bertz CT molecular complexity index is 1110. The number of carbonyl (C=O) groups excluding carboxylic acids is 3. The van der Waals surface area contributed by atoms with Gasteiger partial charge in [0.1, 0.15) is 6.04 Å². The Balaban J connectivity index is 1.89. The molecule has 7 nitrogen and oxygen atoms in total. The summed E-state index contributed by atoms with van der Waals surface area (Å²) in [6.45, 7) is 16.1. The number of rotatable bonds is 10. The summed E-state index contributed by atoms with van der Waals surface area (Å²) in [4.78, 5) is 45.8. The molecule has 1 aromatic carbocycles. The lowest BCUT2D eigenvalue weighted by atomic mass is 9.66. The van der Waals surface area contributed by atoms with Crippen molar-refractivity contribution in [2.75, 3.05) is 24.7 Å². The van der Waals surface area contributed by atoms with Crippen molar-refractivity contribution in [2.24, 2.45) is 23.7 Å². The molecule has 7 atom stereocenters. The highest BCUT2D eigenvalue weighted by Gasteiger charge is 2.77. The van der Waals surface area contributed by atoms with E-state index in [0.717, 1.165) is 23.2 Å². The lowest BCUT2D eigenvalue weighted by Crippen LogP contribution is -2.59. The van der Waals surface area contributed by atoms with Crippen LogP contribution in [-0.4, -0.2) is 69.6 Å². The first-order valence-corrected chi connectivity index (χ1v) is 14.7. The van der Waals surface area contributed by atoms with Gasteiger partial charge in [0.05, 0.1) is 35.8 Å². The molecule has 0 aromatic heterocycles. The lowest BCUT2D eigenvalue weighted by Gasteiger charge is -2.42. The maximum Gasteiger partial charge on any atom is 0.310 e. The fraction of sp³-hybridized carbons (Fsp3) is 0.633. The van der Waals surface area contributed by atoms with Crippen molar-refractivity contribution in [1.82, 2.24) is 4.90 Å². The second kappa shape index (κ2) is 11.0. The first kappa shape index (κ1) is 28.7. The summed E-state index contributed by atoms with van der Waals surface area (Å²) in [7, 11) is 0. The number of likely N-dealkylation sites (tertiary alicyclic amines) is 1. The number of fused-ring (bicyclic) bond motifs is 1. The van der Waals surface area contributed by atoms with Crippen molar-refractivity contribution in [3.05, 3.63) is 42.0 Å². The third kappa shape index (κ3) is 4.47. The average Bonchev–Trinajstić information content (AvgIpc) is 3.46. The number of benzene rings is 1. The van der Waals surface area contributed by atoms with Gasteiger partial charge in [-0.2, -0.15) is 0 Å². The van der Waals surface area contributed by atoms with Crippen LogP contribution in [0, 0.1) is 37.5 Å². The van der Waals surface area contributed by atoms with Gasteiger partial charge in [0, 0.05) is 17.5 Å². The fourth-order valence-electron chi connectivity index (χ4n) is 7.05. The maximum absolute atomic E-state index is 14.8. The molecule has 1 aromatic rings. The first-order valence-electron chi connectivity index (χ1n) is 13.8. The Morgan fingerprint density at radius 1 is 1.34 bits per heavy atom. The molecule has 3 saturated heterocycles. The number of ether oxygens (including phenoxy) is 1. The van der Waals surface area contributed by atoms with Crippen molar-refractivity contribution < 1.29 is 24.2 Å². The molecule has 208 valence electrons. The number of thioether (sulfide) groups is 1. The summed E-state index contributed by atoms with van der Waals surface area (Å²) in [5.74, 6) is -1.73. The molecule has 3 heterocycles. The van der Waals surface area contributed by atoms with Gasteiger partial charge in [0.15, 0.2) is 0 Å². The van der Waals surface area contributed by atoms with E-state index in [4.69, 9.17) is 4.74 Å². The van der Waals surface area contributed by atoms with E-state index in [9.17, 15) is 19.5 Å². The summed E-state index contributed by atoms with van der Waals surface area (Å²) in [6, 6.07) is 4.68. The fourth-order valence-corrected chi connectivity index (χ4v) is 9.44. The molecule has 1 spiro atoms. The van der Waals surface area contributed by atoms with E-state index in [1.165, 1.54) is 0 Å². The molecule has 4 rings (SSSR count). The molecule has 0 radical (unpaired) electrons. The molecule has 0 saturated carbocycles. The largest absolute Gasteiger partial charge is 0.466 e. The first-order chi connectivity index (χ1) is 18.0. The third-order valence-electron chi connectivity index (χ3n) is 8.56. The van der Waals surface area contributed by atoms with Gasteiger partial charge in [0.25, 0.3) is 5.91 Å². The normalized spacial score (nSPS) is 30.5. The van der Waals surface area contributed by atoms with E-state index < -0.39 is 28.7 Å². The Labute approximate surface area is 231 Å². The van der Waals surface area contributed by atoms with Crippen molar-refractivity contribution in [1.29, 1.82) is 0 Å². The standard InChI is InChI=1S/C30H42N2O5S/c1-8-12-31(22-14-18(5)10-11-19(22)6)28(35)26-30-20(7)15-23(38-30)24(29(36)37-9-2)25(30)27(34)32(26)21(16-33)13-17(3)4/h8,10-11,14,17,20-21,23-26,33H,1,9,12-13,15-16H2,2-7H3/t20?,21-,23-,24+,25+,26?,30?/m1/s1. The average molecular weight is 543 g/mol. The molecule has 3 aliphatic heterocycles. The maximum atomic E-state index is 14.8. The van der Waals surface area contributed by atoms with Crippen LogP contribution in [0.1, 0.15) is 51.7 Å². The molecule has 3 fully saturated rings. The van der Waals surface area contributed by atoms with Crippen LogP contribution in [0.25, 0.3) is 0 Å². The monoisotopic (exact) mass is 542 g/mol. The minimum atomic E-state index is -0.805. The van der Waals surface area contributed by atoms with Gasteiger partial charge >= 0.3 is 5.97 Å². The molecular weight excluding hydrogens is 500 g/mol. The van der Waals surface area contributed by atoms with Gasteiger partial charge < -0.3 is 19.6 Å². The zero-order valence-corrected chi connectivity index (χ0v) is 24.3. The van der Waals surface area contributed by atoms with Crippen LogP contribution in [0.4, 0.5) is 5.69 Å². The Hall–Kier alpha value is -2.32. The Kier molecular flexibility index (Phi) is 8.34. The van der Waals surface area contributed by atoms with Gasteiger partial charge in [-0.25, -0.2) is 0 Å². The Morgan fingerprint density at radius 2 is 2.05 bits per heavy atom. The van der Waals surface area contributed by atoms with Crippen molar-refractivity contribution >= 4 is 35.2 Å². The number of esters is 1. The third-order valence-corrected chi connectivity index (χ3v) is 10.6. The number of anilines is 1. The van der Waals surface area contributed by atoms with Gasteiger partial charge in [-0.1, -0.05) is 39.0 Å². The zero-order valence-electron chi connectivity index (χ0n) is 23.5. The molecule has 0 aliphatic carbocycles. The summed E-state index contributed by atoms with van der Waals surface area (Å²) < 4.78 is 4.69. The van der Waals surface area contributed by atoms with Crippen LogP contribution < -0.4 is 4.90 Å². The molecule has 3 aliphatic rings. The lowest BCUT2D eigenvalue weighted by molar-refractivity contribution is -0.154. The van der Waals surface area contributed by atoms with Crippen LogP contribution in [-0.2, 0) is 19.1 Å². The van der Waals surface area contributed by atoms with E-state index >= 15 is 0 Å². The quantitative estimate of drug-likeness (QED) is 0.353. The van der Waals surface area contributed by atoms with Crippen molar-refractivity contribution in [3.8, 4) is 0 Å². The molecule has 2 amide bonds. The minimum Gasteiger partial charge on any atom is -0.466 e. The number of nitrogens with zero attached hydrogens (tertiary/aromatic N) is 2. The van der Waals surface area contributed by atoms with Gasteiger partial charge in [-0.3, -0.25) is 14.4 Å². The van der Waals surface area contributed by atoms with Crippen LogP contribution in [0.15, 0.2) is 30.9 Å². The highest BCUT2D eigenvalue weighted by Crippen LogP contribution is 2.69. The highest BCUT2D eigenvalue weighted by molar-refractivity contribution is 8.02. The molecular formula is C30H42N2O5S. The number of amides is 2. The molecule has 38 heavy (non-hydrogen) atoms. The summed E-state index contributed by atoms with van der Waals surface area (Å²) in [6.07, 6.45) is 3.01. The molecule has 8 heteroatoms. The number of hydrogen-bond donors (Lipinski definition) is 1. The molecule has 1 N–H and O–H groups in total. The topological polar surface area (TPSA) is 87.2 Å². The van der Waals surface area contributed by atoms with E-state index in [0.29, 0.717) is 13.0 Å². The van der Waals surface area contributed by atoms with Crippen LogP contribution in [0.2, 0.25) is 0 Å². The van der Waals surface area contributed by atoms with Crippen molar-refractivity contribution in [3.63, 3.8) is 0 Å². The van der Waals surface area contributed by atoms with E-state index in [1.54, 1.807) is 34.6 Å². The van der Waals surface area contributed by atoms with Gasteiger partial charge in [-0.15, -0.1) is 18.3 Å². The van der Waals surface area contributed by atoms with E-state index in [2.05, 4.69) is 13.5 Å². The summed E-state index contributed by atoms with van der Waals surface area (Å²) in [5.41, 5.74) is 2.78. The minimum absolute atomic E-state index is 0.0404. The predicted octanol–water partition coefficient (Wildman–Crippen LogP) is 4.13. The smallest absolute Gasteiger partial charge is 0.310 e. The number of carbonyl (C=O) groups is 3. The number of hydrogen-bond acceptors (Lipinski definition) is 6. The van der Waals surface area contributed by atoms with Crippen molar-refractivity contribution in [2.45, 2.75) is 76.5 Å². The number of aliphatic hydroxyl groups excluding tert-OH is 1. The Morgan fingerprint density at radius 3 is 2.66 bits per heavy atom. The van der Waals surface area contributed by atoms with Crippen LogP contribution in [0.3, 0.4) is 0 Å². The summed E-state index contributed by atoms with van der Waals surface area (Å²) in [5, 5.41) is 10.4. The van der Waals surface area contributed by atoms with Crippen LogP contribution >= 0.6 is 11.8 Å². The second-order valence-electron chi connectivity index (χ2n) is 11.5. The summed E-state index contributed by atoms with van der Waals surface area (Å²) >= 11 is 1.63. The van der Waals surface area contributed by atoms with E-state index in [-0.39, 0.29) is 48.1 Å². The van der Waals surface area contributed by atoms with Crippen LogP contribution in [0.5, 0.6) is 0 Å². The second-order valence-corrected chi connectivity index (χ2v) is 13.1. The number of aliphatic hydroxyl groups is 1. The van der Waals surface area contributed by atoms with Gasteiger partial charge in [0.2, 0.25) is 5.91 Å². The molecule has 3 unspecified atom stereocenters. The zero-order chi connectivity index (χ0) is 27.9. The van der Waals surface area contributed by atoms with E-state index in [1.807, 2.05) is 45.9 Å².